The van der Waals surface area contributed by atoms with Crippen molar-refractivity contribution in [2.24, 2.45) is 5.10 Å². The molecule has 0 aliphatic rings. The van der Waals surface area contributed by atoms with Gasteiger partial charge in [0.25, 0.3) is 0 Å². The molecule has 3 nitrogen and oxygen atoms in total. The van der Waals surface area contributed by atoms with Crippen LogP contribution in [0.3, 0.4) is 0 Å². The van der Waals surface area contributed by atoms with Gasteiger partial charge in [-0.1, -0.05) is 51.1 Å². The van der Waals surface area contributed by atoms with Crippen molar-refractivity contribution in [1.82, 2.24) is 4.68 Å². The first-order valence-electron chi connectivity index (χ1n) is 7.77. The Morgan fingerprint density at radius 1 is 1.04 bits per heavy atom. The van der Waals surface area contributed by atoms with Gasteiger partial charge in [-0.15, -0.1) is 0 Å². The van der Waals surface area contributed by atoms with Crippen molar-refractivity contribution < 1.29 is 26.0 Å². The van der Waals surface area contributed by atoms with Crippen LogP contribution in [0.5, 0.6) is 5.75 Å². The van der Waals surface area contributed by atoms with Gasteiger partial charge in [0.1, 0.15) is 5.75 Å². The van der Waals surface area contributed by atoms with Crippen molar-refractivity contribution in [1.29, 1.82) is 0 Å². The van der Waals surface area contributed by atoms with E-state index in [2.05, 4.69) is 31.9 Å². The Balaban J connectivity index is 0.000000701. The fourth-order valence-corrected chi connectivity index (χ4v) is 2.56. The summed E-state index contributed by atoms with van der Waals surface area (Å²) in [5.74, 6) is 0.301. The van der Waals surface area contributed by atoms with Gasteiger partial charge in [-0.05, 0) is 29.2 Å². The second-order valence-corrected chi connectivity index (χ2v) is 10.3. The molecular weight excluding hydrogens is 434 g/mol. The molecule has 1 heterocycles. The zero-order valence-corrected chi connectivity index (χ0v) is 18.3. The first-order chi connectivity index (χ1) is 11.9. The second kappa shape index (κ2) is 9.03. The monoisotopic (exact) mass is 452 g/mol. The molecule has 0 radical (unpaired) electrons. The van der Waals surface area contributed by atoms with E-state index in [9.17, 15) is 5.11 Å². The summed E-state index contributed by atoms with van der Waals surface area (Å²) in [6, 6.07) is 15.9. The number of phenolic OH excluding ortho intramolecular Hbond substituents is 1. The van der Waals surface area contributed by atoms with Gasteiger partial charge >= 0.3 is 37.9 Å². The van der Waals surface area contributed by atoms with Crippen LogP contribution >= 0.6 is 17.0 Å². The molecule has 0 saturated carbocycles. The van der Waals surface area contributed by atoms with Crippen LogP contribution in [0.2, 0.25) is 0 Å². The van der Waals surface area contributed by atoms with E-state index in [1.165, 1.54) is 0 Å². The van der Waals surface area contributed by atoms with Gasteiger partial charge in [-0.2, -0.15) is 5.10 Å². The summed E-state index contributed by atoms with van der Waals surface area (Å²) in [6.07, 6.45) is 3.63. The Morgan fingerprint density at radius 3 is 2.40 bits per heavy atom. The fraction of sp³-hybridized carbons (Fsp3) is 0.211. The summed E-state index contributed by atoms with van der Waals surface area (Å²) in [5.41, 5.74) is 2.60. The van der Waals surface area contributed by atoms with Gasteiger partial charge in [-0.3, -0.25) is 0 Å². The zero-order valence-electron chi connectivity index (χ0n) is 14.4. The molecule has 6 heteroatoms. The molecule has 0 aliphatic carbocycles. The molecule has 1 aromatic heterocycles. The second-order valence-electron chi connectivity index (χ2n) is 6.53. The number of aromatic hydroxyl groups is 1. The van der Waals surface area contributed by atoms with Crippen LogP contribution in [-0.2, 0) is 26.3 Å². The predicted molar refractivity (Wildman–Crippen MR) is 103 cm³/mol. The zero-order chi connectivity index (χ0) is 18.4. The topological polar surface area (TPSA) is 37.5 Å². The van der Waals surface area contributed by atoms with Crippen LogP contribution in [0.4, 0.5) is 0 Å². The number of fused-ring (bicyclic) bond motifs is 1. The van der Waals surface area contributed by atoms with Crippen LogP contribution in [0.25, 0.3) is 10.9 Å². The van der Waals surface area contributed by atoms with Gasteiger partial charge in [0.2, 0.25) is 0 Å². The van der Waals surface area contributed by atoms with Gasteiger partial charge in [0.05, 0.1) is 11.7 Å². The van der Waals surface area contributed by atoms with E-state index < -0.39 is 20.8 Å². The number of aromatic nitrogens is 1. The third-order valence-corrected chi connectivity index (χ3v) is 3.78. The Morgan fingerprint density at radius 2 is 1.72 bits per heavy atom. The number of halogens is 2. The number of benzene rings is 2. The molecule has 0 atom stereocenters. The quantitative estimate of drug-likeness (QED) is 0.481. The summed E-state index contributed by atoms with van der Waals surface area (Å²) in [6.45, 7) is 6.26. The average molecular weight is 455 g/mol. The van der Waals surface area contributed by atoms with Crippen LogP contribution in [0, 0.1) is 0 Å². The molecule has 0 bridgehead atoms. The van der Waals surface area contributed by atoms with Gasteiger partial charge in [0, 0.05) is 17.1 Å². The molecule has 0 fully saturated rings. The summed E-state index contributed by atoms with van der Waals surface area (Å²) >= 11 is -0.826. The molecule has 25 heavy (non-hydrogen) atoms. The van der Waals surface area contributed by atoms with Crippen LogP contribution in [0.15, 0.2) is 59.8 Å². The molecule has 1 N–H and O–H groups in total. The number of para-hydroxylation sites is 2. The molecule has 0 aliphatic heterocycles. The van der Waals surface area contributed by atoms with Crippen LogP contribution in [-0.4, -0.2) is 16.0 Å². The molecule has 3 rings (SSSR count). The van der Waals surface area contributed by atoms with Crippen molar-refractivity contribution in [2.45, 2.75) is 26.2 Å². The molecule has 0 spiro atoms. The van der Waals surface area contributed by atoms with Crippen molar-refractivity contribution in [2.75, 3.05) is 0 Å². The summed E-state index contributed by atoms with van der Waals surface area (Å²) in [7, 11) is 9.87. The first kappa shape index (κ1) is 20.2. The van der Waals surface area contributed by atoms with E-state index in [1.54, 1.807) is 6.21 Å². The summed E-state index contributed by atoms with van der Waals surface area (Å²) in [5, 5.41) is 16.1. The van der Waals surface area contributed by atoms with Crippen LogP contribution in [0.1, 0.15) is 31.9 Å². The standard InChI is InChI=1S/C19H20N2O.2ClH.Zr/c1-19(2,3)16-9-6-8-15(18(16)22)13-20-21-12-11-14-7-4-5-10-17(14)21;;;/h4-13,22H,1-3H3;2*1H;/q;;;+2/p-2. The number of nitrogens with zero attached hydrogens (tertiary/aromatic N) is 2. The number of rotatable bonds is 2. The number of hydrogen-bond acceptors (Lipinski definition) is 2. The summed E-state index contributed by atoms with van der Waals surface area (Å²) < 4.78 is 1.82. The van der Waals surface area contributed by atoms with E-state index >= 15 is 0 Å². The third-order valence-electron chi connectivity index (χ3n) is 3.78. The van der Waals surface area contributed by atoms with Crippen molar-refractivity contribution >= 4 is 34.1 Å². The third kappa shape index (κ3) is 5.20. The molecule has 3 aromatic rings. The van der Waals surface area contributed by atoms with Crippen molar-refractivity contribution in [3.63, 3.8) is 0 Å². The first-order valence-corrected chi connectivity index (χ1v) is 14.1. The minimum atomic E-state index is -0.826. The van der Waals surface area contributed by atoms with E-state index in [-0.39, 0.29) is 5.41 Å². The number of phenols is 1. The van der Waals surface area contributed by atoms with Crippen molar-refractivity contribution in [3.05, 3.63) is 65.9 Å². The van der Waals surface area contributed by atoms with Crippen LogP contribution < -0.4 is 0 Å². The molecule has 0 unspecified atom stereocenters. The Bertz CT molecular complexity index is 869. The average Bonchev–Trinajstić information content (AvgIpc) is 2.97. The normalized spacial score (nSPS) is 11.4. The summed E-state index contributed by atoms with van der Waals surface area (Å²) in [4.78, 5) is 0. The van der Waals surface area contributed by atoms with Crippen molar-refractivity contribution in [3.8, 4) is 5.75 Å². The Labute approximate surface area is 166 Å². The van der Waals surface area contributed by atoms with Gasteiger partial charge in [-0.25, -0.2) is 4.68 Å². The SMILES string of the molecule is CC(C)(C)c1cccc(C=Nn2ccc3ccccc32)c1O.[Cl][Zr][Cl]. The number of hydrogen-bond donors (Lipinski definition) is 1. The molecule has 2 aromatic carbocycles. The van der Waals surface area contributed by atoms with Gasteiger partial charge in [0.15, 0.2) is 0 Å². The molecular formula is C19H20Cl2N2OZr. The fourth-order valence-electron chi connectivity index (χ4n) is 2.56. The molecule has 0 amide bonds. The van der Waals surface area contributed by atoms with E-state index in [0.717, 1.165) is 22.0 Å². The molecule has 130 valence electrons. The van der Waals surface area contributed by atoms with E-state index in [4.69, 9.17) is 17.0 Å². The Hall–Kier alpha value is -1.09. The predicted octanol–water partition coefficient (Wildman–Crippen LogP) is 5.90. The maximum absolute atomic E-state index is 10.5. The van der Waals surface area contributed by atoms with E-state index in [0.29, 0.717) is 5.75 Å². The minimum absolute atomic E-state index is 0.103. The molecule has 0 saturated heterocycles. The maximum atomic E-state index is 10.5. The van der Waals surface area contributed by atoms with E-state index in [1.807, 2.05) is 53.3 Å². The van der Waals surface area contributed by atoms with Gasteiger partial charge < -0.3 is 5.11 Å². The Kier molecular flexibility index (Phi) is 7.30.